The highest BCUT2D eigenvalue weighted by Crippen LogP contribution is 2.31. The Morgan fingerprint density at radius 1 is 1.32 bits per heavy atom. The fraction of sp³-hybridized carbons (Fsp3) is 0.143. The van der Waals surface area contributed by atoms with Gasteiger partial charge in [-0.2, -0.15) is 0 Å². The molecule has 0 aliphatic carbocycles. The van der Waals surface area contributed by atoms with Crippen LogP contribution in [0.2, 0.25) is 0 Å². The summed E-state index contributed by atoms with van der Waals surface area (Å²) in [7, 11) is 1.61. The minimum absolute atomic E-state index is 0.326. The first-order chi connectivity index (χ1) is 10.7. The van der Waals surface area contributed by atoms with E-state index in [1.165, 1.54) is 0 Å². The van der Waals surface area contributed by atoms with Gasteiger partial charge in [-0.25, -0.2) is 4.98 Å². The van der Waals surface area contributed by atoms with Gasteiger partial charge < -0.3 is 10.1 Å². The first-order valence-electron chi connectivity index (χ1n) is 6.55. The predicted octanol–water partition coefficient (Wildman–Crippen LogP) is 1.75. The Balaban J connectivity index is 2.07. The number of para-hydroxylation sites is 1. The molecule has 3 rings (SSSR count). The number of fused-ring (bicyclic) bond motifs is 1. The first-order valence-corrected chi connectivity index (χ1v) is 6.55. The molecule has 1 amide bonds. The number of ether oxygens (including phenoxy) is 1. The highest BCUT2D eigenvalue weighted by Gasteiger charge is 2.13. The van der Waals surface area contributed by atoms with Crippen molar-refractivity contribution < 1.29 is 9.53 Å². The minimum atomic E-state index is 0.326. The molecule has 0 saturated heterocycles. The molecule has 1 aromatic carbocycles. The number of amides is 1. The molecule has 112 valence electrons. The molecule has 0 unspecified atom stereocenters. The maximum Gasteiger partial charge on any atom is 0.235 e. The normalized spacial score (nSPS) is 10.5. The van der Waals surface area contributed by atoms with E-state index in [-0.39, 0.29) is 0 Å². The predicted molar refractivity (Wildman–Crippen MR) is 81.5 cm³/mol. The number of benzene rings is 1. The van der Waals surface area contributed by atoms with Gasteiger partial charge >= 0.3 is 0 Å². The van der Waals surface area contributed by atoms with E-state index in [4.69, 9.17) is 4.74 Å². The van der Waals surface area contributed by atoms with Crippen molar-refractivity contribution in [2.75, 3.05) is 17.7 Å². The van der Waals surface area contributed by atoms with Gasteiger partial charge in [0.1, 0.15) is 5.75 Å². The molecule has 0 atom stereocenters. The van der Waals surface area contributed by atoms with Gasteiger partial charge in [-0.1, -0.05) is 12.1 Å². The maximum atomic E-state index is 10.6. The Morgan fingerprint density at radius 3 is 2.95 bits per heavy atom. The number of rotatable bonds is 5. The van der Waals surface area contributed by atoms with Gasteiger partial charge in [0, 0.05) is 12.4 Å². The zero-order chi connectivity index (χ0) is 15.5. The van der Waals surface area contributed by atoms with Crippen LogP contribution in [0.4, 0.5) is 17.5 Å². The summed E-state index contributed by atoms with van der Waals surface area (Å²) >= 11 is 0. The molecule has 22 heavy (non-hydrogen) atoms. The highest BCUT2D eigenvalue weighted by atomic mass is 16.5. The Morgan fingerprint density at radius 2 is 2.18 bits per heavy atom. The number of carbonyl (C=O) groups is 1. The third-order valence-electron chi connectivity index (χ3n) is 3.21. The molecule has 2 heterocycles. The lowest BCUT2D eigenvalue weighted by atomic mass is 10.2. The van der Waals surface area contributed by atoms with E-state index in [1.54, 1.807) is 23.9 Å². The van der Waals surface area contributed by atoms with Crippen LogP contribution in [0.3, 0.4) is 0 Å². The zero-order valence-electron chi connectivity index (χ0n) is 12.1. The standard InChI is InChI=1S/C14H14N6O2/c1-9-4-3-5-10(22-2)11(9)17-12-13-18-19-14(16-8-21)20(13)7-6-15-12/h3-8H,1-2H3,(H,15,17)(H,16,19,21). The second-order valence-corrected chi connectivity index (χ2v) is 4.53. The van der Waals surface area contributed by atoms with E-state index < -0.39 is 0 Å². The van der Waals surface area contributed by atoms with Gasteiger partial charge in [-0.15, -0.1) is 10.2 Å². The van der Waals surface area contributed by atoms with Gasteiger partial charge in [0.25, 0.3) is 0 Å². The van der Waals surface area contributed by atoms with Crippen LogP contribution in [0.25, 0.3) is 5.65 Å². The summed E-state index contributed by atoms with van der Waals surface area (Å²) in [6.07, 6.45) is 3.81. The summed E-state index contributed by atoms with van der Waals surface area (Å²) in [4.78, 5) is 14.9. The fourth-order valence-electron chi connectivity index (χ4n) is 2.16. The summed E-state index contributed by atoms with van der Waals surface area (Å²) in [5, 5.41) is 13.7. The summed E-state index contributed by atoms with van der Waals surface area (Å²) in [6, 6.07) is 5.74. The van der Waals surface area contributed by atoms with Crippen LogP contribution in [0.1, 0.15) is 5.56 Å². The molecule has 0 bridgehead atoms. The Hall–Kier alpha value is -3.16. The van der Waals surface area contributed by atoms with Crippen molar-refractivity contribution >= 4 is 29.5 Å². The van der Waals surface area contributed by atoms with Gasteiger partial charge in [-0.05, 0) is 18.6 Å². The molecule has 3 aromatic rings. The molecule has 0 aliphatic rings. The lowest BCUT2D eigenvalue weighted by molar-refractivity contribution is -0.105. The number of methoxy groups -OCH3 is 1. The molecule has 2 aromatic heterocycles. The van der Waals surface area contributed by atoms with Gasteiger partial charge in [-0.3, -0.25) is 14.5 Å². The van der Waals surface area contributed by atoms with Crippen molar-refractivity contribution in [2.24, 2.45) is 0 Å². The quantitative estimate of drug-likeness (QED) is 0.697. The SMILES string of the molecule is COc1cccc(C)c1Nc1nccn2c(NC=O)nnc12. The topological polar surface area (TPSA) is 93.4 Å². The van der Waals surface area contributed by atoms with Crippen molar-refractivity contribution in [3.8, 4) is 5.75 Å². The lowest BCUT2D eigenvalue weighted by Crippen LogP contribution is -2.03. The Bertz CT molecular complexity index is 829. The van der Waals surface area contributed by atoms with Crippen LogP contribution in [0.5, 0.6) is 5.75 Å². The van der Waals surface area contributed by atoms with E-state index in [1.807, 2.05) is 25.1 Å². The van der Waals surface area contributed by atoms with Gasteiger partial charge in [0.05, 0.1) is 12.8 Å². The molecular formula is C14H14N6O2. The second-order valence-electron chi connectivity index (χ2n) is 4.53. The van der Waals surface area contributed by atoms with Crippen LogP contribution in [0.15, 0.2) is 30.6 Å². The van der Waals surface area contributed by atoms with E-state index in [9.17, 15) is 4.79 Å². The fourth-order valence-corrected chi connectivity index (χ4v) is 2.16. The van der Waals surface area contributed by atoms with Crippen LogP contribution in [0, 0.1) is 6.92 Å². The smallest absolute Gasteiger partial charge is 0.235 e. The van der Waals surface area contributed by atoms with E-state index in [2.05, 4.69) is 25.8 Å². The molecule has 0 spiro atoms. The number of anilines is 3. The molecule has 2 N–H and O–H groups in total. The summed E-state index contributed by atoms with van der Waals surface area (Å²) in [5.74, 6) is 1.54. The number of aryl methyl sites for hydroxylation is 1. The number of hydrogen-bond acceptors (Lipinski definition) is 6. The highest BCUT2D eigenvalue weighted by molar-refractivity contribution is 5.77. The molecule has 8 heteroatoms. The number of nitrogens with one attached hydrogen (secondary N) is 2. The van der Waals surface area contributed by atoms with Gasteiger partial charge in [0.2, 0.25) is 18.0 Å². The van der Waals surface area contributed by atoms with E-state index in [0.29, 0.717) is 29.6 Å². The van der Waals surface area contributed by atoms with E-state index >= 15 is 0 Å². The Labute approximate surface area is 126 Å². The first kappa shape index (κ1) is 13.8. The monoisotopic (exact) mass is 298 g/mol. The van der Waals surface area contributed by atoms with Crippen LogP contribution in [-0.4, -0.2) is 33.1 Å². The van der Waals surface area contributed by atoms with Crippen LogP contribution in [-0.2, 0) is 4.79 Å². The average Bonchev–Trinajstić information content (AvgIpc) is 2.94. The molecule has 0 radical (unpaired) electrons. The lowest BCUT2D eigenvalue weighted by Gasteiger charge is -2.13. The van der Waals surface area contributed by atoms with Crippen molar-refractivity contribution in [3.63, 3.8) is 0 Å². The molecule has 0 fully saturated rings. The van der Waals surface area contributed by atoms with Crippen molar-refractivity contribution in [3.05, 3.63) is 36.2 Å². The average molecular weight is 298 g/mol. The third kappa shape index (κ3) is 2.30. The Kier molecular flexibility index (Phi) is 3.57. The number of aromatic nitrogens is 4. The molecular weight excluding hydrogens is 284 g/mol. The number of nitrogens with zero attached hydrogens (tertiary/aromatic N) is 4. The summed E-state index contributed by atoms with van der Waals surface area (Å²) < 4.78 is 7.00. The minimum Gasteiger partial charge on any atom is -0.495 e. The maximum absolute atomic E-state index is 10.6. The van der Waals surface area contributed by atoms with Gasteiger partial charge in [0.15, 0.2) is 5.82 Å². The van der Waals surface area contributed by atoms with Crippen LogP contribution >= 0.6 is 0 Å². The summed E-state index contributed by atoms with van der Waals surface area (Å²) in [6.45, 7) is 1.97. The van der Waals surface area contributed by atoms with Crippen molar-refractivity contribution in [1.82, 2.24) is 19.6 Å². The molecule has 0 aliphatic heterocycles. The third-order valence-corrected chi connectivity index (χ3v) is 3.21. The van der Waals surface area contributed by atoms with E-state index in [0.717, 1.165) is 11.3 Å². The number of hydrogen-bond donors (Lipinski definition) is 2. The second kappa shape index (κ2) is 5.68. The largest absolute Gasteiger partial charge is 0.495 e. The zero-order valence-corrected chi connectivity index (χ0v) is 12.1. The van der Waals surface area contributed by atoms with Crippen molar-refractivity contribution in [1.29, 1.82) is 0 Å². The van der Waals surface area contributed by atoms with Crippen molar-refractivity contribution in [2.45, 2.75) is 6.92 Å². The van der Waals surface area contributed by atoms with Crippen LogP contribution < -0.4 is 15.4 Å². The molecule has 8 nitrogen and oxygen atoms in total. The number of carbonyl (C=O) groups excluding carboxylic acids is 1. The summed E-state index contributed by atoms with van der Waals surface area (Å²) in [5.41, 5.74) is 2.31. The molecule has 0 saturated carbocycles.